The summed E-state index contributed by atoms with van der Waals surface area (Å²) in [7, 11) is 0. The number of ketones is 1. The Hall–Kier alpha value is -1.88. The number of nitrogens with two attached hydrogens (primary N) is 2. The molecule has 0 unspecified atom stereocenters. The van der Waals surface area contributed by atoms with Gasteiger partial charge >= 0.3 is 5.97 Å². The zero-order valence-corrected chi connectivity index (χ0v) is 8.01. The molecule has 0 aliphatic carbocycles. The number of rotatable bonds is 4. The van der Waals surface area contributed by atoms with Crippen molar-refractivity contribution < 1.29 is 14.7 Å². The molecule has 0 heterocycles. The lowest BCUT2D eigenvalue weighted by atomic mass is 10.2. The fourth-order valence-corrected chi connectivity index (χ4v) is 1.15. The summed E-state index contributed by atoms with van der Waals surface area (Å²) in [6.07, 6.45) is -0.246. The molecule has 0 radical (unpaired) electrons. The first-order chi connectivity index (χ1) is 7.02. The molecule has 0 bridgehead atoms. The number of carboxylic acids is 1. The van der Waals surface area contributed by atoms with Gasteiger partial charge in [-0.05, 0) is 12.1 Å². The number of para-hydroxylation sites is 1. The number of nitrogen functional groups attached to an aromatic ring is 1. The number of carbonyl (C=O) groups excluding carboxylic acids is 1. The second-order valence-corrected chi connectivity index (χ2v) is 3.16. The lowest BCUT2D eigenvalue weighted by molar-refractivity contribution is -0.138. The van der Waals surface area contributed by atoms with Gasteiger partial charge in [-0.1, -0.05) is 12.1 Å². The maximum Gasteiger partial charge on any atom is 0.320 e. The van der Waals surface area contributed by atoms with E-state index >= 15 is 0 Å². The molecule has 1 aromatic carbocycles. The van der Waals surface area contributed by atoms with Gasteiger partial charge in [-0.2, -0.15) is 0 Å². The van der Waals surface area contributed by atoms with Crippen LogP contribution in [0.3, 0.4) is 0 Å². The lowest BCUT2D eigenvalue weighted by Gasteiger charge is -2.07. The third kappa shape index (κ3) is 2.78. The molecular weight excluding hydrogens is 202 g/mol. The zero-order valence-electron chi connectivity index (χ0n) is 8.01. The highest BCUT2D eigenvalue weighted by molar-refractivity contribution is 6.02. The van der Waals surface area contributed by atoms with Gasteiger partial charge in [0.05, 0.1) is 0 Å². The Labute approximate surface area is 86.7 Å². The molecule has 0 amide bonds. The highest BCUT2D eigenvalue weighted by atomic mass is 16.4. The molecule has 0 aliphatic heterocycles. The summed E-state index contributed by atoms with van der Waals surface area (Å²) < 4.78 is 0. The second-order valence-electron chi connectivity index (χ2n) is 3.16. The number of benzene rings is 1. The maximum atomic E-state index is 11.6. The van der Waals surface area contributed by atoms with E-state index in [4.69, 9.17) is 16.6 Å². The average molecular weight is 214 g/mol. The van der Waals surface area contributed by atoms with Gasteiger partial charge in [-0.3, -0.25) is 9.59 Å². The Morgan fingerprint density at radius 2 is 1.93 bits per heavy atom. The molecule has 1 rings (SSSR count). The number of hydrogen-bond donors (Lipinski definition) is 3. The van der Waals surface area contributed by atoms with Crippen molar-refractivity contribution in [1.82, 2.24) is 0 Å². The van der Waals surface area contributed by atoms with Crippen LogP contribution < -0.4 is 11.5 Å². The standard InChI is InChI=1S/C10H12N2O3/c11-7-4-2-1-3-6(7)9(13)5-8(12)10(14)15/h1-4,8H,5,11-12H2,(H,14,15)/t8-/m0/s1/i1+1,2+1,3+1,4+1,6+1,7+1. The predicted octanol–water partition coefficient (Wildman–Crippen LogP) is 0.254. The first-order valence-corrected chi connectivity index (χ1v) is 4.38. The van der Waals surface area contributed by atoms with Crippen molar-refractivity contribution >= 4 is 17.4 Å². The van der Waals surface area contributed by atoms with Gasteiger partial charge in [0.25, 0.3) is 0 Å². The Balaban J connectivity index is 2.78. The first kappa shape index (κ1) is 11.2. The molecule has 1 atom stereocenters. The normalized spacial score (nSPS) is 12.1. The van der Waals surface area contributed by atoms with E-state index in [1.54, 1.807) is 24.3 Å². The molecule has 1 aromatic rings. The van der Waals surface area contributed by atoms with Crippen molar-refractivity contribution in [2.75, 3.05) is 5.73 Å². The monoisotopic (exact) mass is 214 g/mol. The third-order valence-electron chi connectivity index (χ3n) is 1.98. The van der Waals surface area contributed by atoms with Crippen molar-refractivity contribution in [3.8, 4) is 0 Å². The number of carbonyl (C=O) groups is 2. The van der Waals surface area contributed by atoms with Gasteiger partial charge in [0.15, 0.2) is 5.78 Å². The number of aliphatic carboxylic acids is 1. The second kappa shape index (κ2) is 4.56. The molecule has 0 spiro atoms. The van der Waals surface area contributed by atoms with Crippen LogP contribution in [-0.4, -0.2) is 22.9 Å². The zero-order chi connectivity index (χ0) is 11.4. The molecule has 5 nitrogen and oxygen atoms in total. The molecule has 5 N–H and O–H groups in total. The summed E-state index contributed by atoms with van der Waals surface area (Å²) in [6.45, 7) is 0. The summed E-state index contributed by atoms with van der Waals surface area (Å²) in [5, 5.41) is 8.54. The van der Waals surface area contributed by atoms with Crippen LogP contribution in [0.1, 0.15) is 16.8 Å². The quantitative estimate of drug-likeness (QED) is 0.492. The van der Waals surface area contributed by atoms with Crippen LogP contribution in [0.25, 0.3) is 0 Å². The first-order valence-electron chi connectivity index (χ1n) is 4.38. The topological polar surface area (TPSA) is 106 Å². The summed E-state index contributed by atoms with van der Waals surface area (Å²) in [5.41, 5.74) is 11.5. The van der Waals surface area contributed by atoms with Gasteiger partial charge < -0.3 is 16.6 Å². The van der Waals surface area contributed by atoms with Gasteiger partial charge in [-0.15, -0.1) is 0 Å². The van der Waals surface area contributed by atoms with E-state index in [1.165, 1.54) is 0 Å². The van der Waals surface area contributed by atoms with Crippen molar-refractivity contribution in [1.29, 1.82) is 0 Å². The van der Waals surface area contributed by atoms with Gasteiger partial charge in [0.1, 0.15) is 6.04 Å². The molecule has 80 valence electrons. The van der Waals surface area contributed by atoms with E-state index in [1.807, 2.05) is 0 Å². The Morgan fingerprint density at radius 1 is 1.33 bits per heavy atom. The smallest absolute Gasteiger partial charge is 0.320 e. The summed E-state index contributed by atoms with van der Waals surface area (Å²) in [6, 6.07) is 5.31. The van der Waals surface area contributed by atoms with Crippen molar-refractivity contribution in [3.63, 3.8) is 0 Å². The van der Waals surface area contributed by atoms with Gasteiger partial charge in [0, 0.05) is 17.7 Å². The van der Waals surface area contributed by atoms with Crippen LogP contribution in [0.4, 0.5) is 5.69 Å². The predicted molar refractivity (Wildman–Crippen MR) is 55.4 cm³/mol. The van der Waals surface area contributed by atoms with Crippen LogP contribution in [0.2, 0.25) is 0 Å². The van der Waals surface area contributed by atoms with Crippen molar-refractivity contribution in [2.24, 2.45) is 5.73 Å². The lowest BCUT2D eigenvalue weighted by Crippen LogP contribution is -2.32. The third-order valence-corrected chi connectivity index (χ3v) is 1.98. The van der Waals surface area contributed by atoms with Crippen LogP contribution in [-0.2, 0) is 4.79 Å². The van der Waals surface area contributed by atoms with E-state index in [9.17, 15) is 9.59 Å². The maximum absolute atomic E-state index is 11.6. The van der Waals surface area contributed by atoms with Crippen molar-refractivity contribution in [3.05, 3.63) is 29.8 Å². The number of anilines is 1. The minimum absolute atomic E-state index is 0.246. The molecule has 15 heavy (non-hydrogen) atoms. The Kier molecular flexibility index (Phi) is 3.41. The van der Waals surface area contributed by atoms with E-state index in [0.29, 0.717) is 11.3 Å². The molecule has 0 fully saturated rings. The molecule has 0 aliphatic rings. The van der Waals surface area contributed by atoms with Crippen LogP contribution in [0, 0.1) is 0 Å². The van der Waals surface area contributed by atoms with Gasteiger partial charge in [-0.25, -0.2) is 0 Å². The summed E-state index contributed by atoms with van der Waals surface area (Å²) in [4.78, 5) is 22.0. The molecule has 0 saturated heterocycles. The number of Topliss-reactive ketones (excluding diaryl/α,β-unsaturated/α-hetero) is 1. The van der Waals surface area contributed by atoms with E-state index < -0.39 is 12.0 Å². The highest BCUT2D eigenvalue weighted by Gasteiger charge is 2.18. The van der Waals surface area contributed by atoms with Crippen molar-refractivity contribution in [2.45, 2.75) is 12.5 Å². The molecular formula is C10H12N2O3. The number of carboxylic acid groups (broad SMARTS) is 1. The van der Waals surface area contributed by atoms with E-state index in [0.717, 1.165) is 0 Å². The molecule has 0 saturated carbocycles. The van der Waals surface area contributed by atoms with E-state index in [2.05, 4.69) is 0 Å². The summed E-state index contributed by atoms with van der Waals surface area (Å²) in [5.74, 6) is -1.55. The minimum Gasteiger partial charge on any atom is -0.480 e. The Morgan fingerprint density at radius 3 is 2.47 bits per heavy atom. The van der Waals surface area contributed by atoms with Crippen LogP contribution >= 0.6 is 0 Å². The number of hydrogen-bond acceptors (Lipinski definition) is 4. The fourth-order valence-electron chi connectivity index (χ4n) is 1.15. The summed E-state index contributed by atoms with van der Waals surface area (Å²) >= 11 is 0. The SMILES string of the molecule is N[C@@H](CC(=O)[13c]1[13cH][13cH][13cH][13cH][13c]1N)C(=O)O. The molecule has 5 heteroatoms. The van der Waals surface area contributed by atoms with E-state index in [-0.39, 0.29) is 12.2 Å². The van der Waals surface area contributed by atoms with Crippen LogP contribution in [0.15, 0.2) is 24.3 Å². The van der Waals surface area contributed by atoms with Crippen LogP contribution in [0.5, 0.6) is 0 Å². The largest absolute Gasteiger partial charge is 0.480 e. The fraction of sp³-hybridized carbons (Fsp3) is 0.200. The Bertz CT molecular complexity index is 390. The van der Waals surface area contributed by atoms with Gasteiger partial charge in [0.2, 0.25) is 0 Å². The minimum atomic E-state index is -1.20. The average Bonchev–Trinajstić information content (AvgIpc) is 2.18. The molecule has 0 aromatic heterocycles. The highest BCUT2D eigenvalue weighted by Crippen LogP contribution is 2.13.